The molecule has 1 heterocycles. The molecule has 0 spiro atoms. The van der Waals surface area contributed by atoms with E-state index in [1.165, 1.54) is 63.5 Å². The van der Waals surface area contributed by atoms with Crippen LogP contribution in [0.2, 0.25) is 0 Å². The highest BCUT2D eigenvalue weighted by molar-refractivity contribution is 5.33. The number of benzene rings is 1. The highest BCUT2D eigenvalue weighted by Crippen LogP contribution is 2.30. The van der Waals surface area contributed by atoms with Gasteiger partial charge in [-0.1, -0.05) is 43.9 Å². The van der Waals surface area contributed by atoms with Gasteiger partial charge in [-0.2, -0.15) is 0 Å². The monoisotopic (exact) mass is 301 g/mol. The lowest BCUT2D eigenvalue weighted by Gasteiger charge is -2.20. The molecule has 2 fully saturated rings. The predicted molar refractivity (Wildman–Crippen MR) is 92.5 cm³/mol. The van der Waals surface area contributed by atoms with Crippen molar-refractivity contribution in [2.45, 2.75) is 63.8 Å². The van der Waals surface area contributed by atoms with E-state index in [-0.39, 0.29) is 0 Å². The van der Waals surface area contributed by atoms with E-state index < -0.39 is 0 Å². The van der Waals surface area contributed by atoms with Crippen molar-refractivity contribution in [1.82, 2.24) is 4.90 Å². The molecule has 1 unspecified atom stereocenters. The Kier molecular flexibility index (Phi) is 5.77. The van der Waals surface area contributed by atoms with Crippen LogP contribution >= 0.6 is 0 Å². The van der Waals surface area contributed by atoms with Gasteiger partial charge in [0.2, 0.25) is 0 Å². The Balaban J connectivity index is 1.47. The van der Waals surface area contributed by atoms with Crippen molar-refractivity contribution in [3.63, 3.8) is 0 Å². The maximum atomic E-state index is 6.14. The van der Waals surface area contributed by atoms with Crippen LogP contribution in [0, 0.1) is 5.92 Å². The quantitative estimate of drug-likeness (QED) is 0.725. The molecule has 122 valence electrons. The molecule has 1 aromatic carbocycles. The second-order valence-corrected chi connectivity index (χ2v) is 7.21. The smallest absolute Gasteiger partial charge is 0.122 e. The topological polar surface area (TPSA) is 12.5 Å². The molecule has 1 aliphatic heterocycles. The Morgan fingerprint density at radius 3 is 2.64 bits per heavy atom. The Morgan fingerprint density at radius 2 is 1.86 bits per heavy atom. The van der Waals surface area contributed by atoms with Crippen molar-refractivity contribution < 1.29 is 4.74 Å². The summed E-state index contributed by atoms with van der Waals surface area (Å²) >= 11 is 0. The number of nitrogens with zero attached hydrogens (tertiary/aromatic N) is 1. The van der Waals surface area contributed by atoms with Crippen molar-refractivity contribution in [3.8, 4) is 5.75 Å². The molecule has 22 heavy (non-hydrogen) atoms. The molecule has 1 aliphatic carbocycles. The van der Waals surface area contributed by atoms with Gasteiger partial charge >= 0.3 is 0 Å². The summed E-state index contributed by atoms with van der Waals surface area (Å²) in [4.78, 5) is 2.48. The molecule has 0 radical (unpaired) electrons. The Labute approximate surface area is 135 Å². The van der Waals surface area contributed by atoms with E-state index in [9.17, 15) is 0 Å². The highest BCUT2D eigenvalue weighted by Gasteiger charge is 2.20. The summed E-state index contributed by atoms with van der Waals surface area (Å²) in [5.74, 6) is 2.08. The Hall–Kier alpha value is -1.02. The zero-order chi connectivity index (χ0) is 15.2. The van der Waals surface area contributed by atoms with E-state index in [1.807, 2.05) is 0 Å². The standard InChI is InChI=1S/C20H31NO/c1-21-15-6-10-19(21)14-16-22-20-11-5-4-9-18(20)13-12-17-7-2-3-8-17/h4-5,9,11,17,19H,2-3,6-8,10,12-16H2,1H3. The molecule has 2 aliphatic rings. The third kappa shape index (κ3) is 4.25. The van der Waals surface area contributed by atoms with E-state index in [4.69, 9.17) is 4.74 Å². The van der Waals surface area contributed by atoms with Crippen LogP contribution in [-0.2, 0) is 6.42 Å². The summed E-state index contributed by atoms with van der Waals surface area (Å²) in [6.45, 7) is 2.11. The molecule has 3 rings (SSSR count). The van der Waals surface area contributed by atoms with Gasteiger partial charge in [0, 0.05) is 6.04 Å². The van der Waals surface area contributed by atoms with Gasteiger partial charge in [-0.15, -0.1) is 0 Å². The molecule has 1 aromatic rings. The minimum absolute atomic E-state index is 0.727. The summed E-state index contributed by atoms with van der Waals surface area (Å²) in [5, 5.41) is 0. The number of ether oxygens (including phenoxy) is 1. The van der Waals surface area contributed by atoms with Gasteiger partial charge in [0.15, 0.2) is 0 Å². The molecule has 0 N–H and O–H groups in total. The third-order valence-electron chi connectivity index (χ3n) is 5.65. The molecular weight excluding hydrogens is 270 g/mol. The number of para-hydroxylation sites is 1. The summed E-state index contributed by atoms with van der Waals surface area (Å²) in [6, 6.07) is 9.40. The van der Waals surface area contributed by atoms with Gasteiger partial charge in [-0.05, 0) is 63.2 Å². The highest BCUT2D eigenvalue weighted by atomic mass is 16.5. The van der Waals surface area contributed by atoms with Crippen LogP contribution in [0.25, 0.3) is 0 Å². The van der Waals surface area contributed by atoms with Crippen LogP contribution in [0.4, 0.5) is 0 Å². The van der Waals surface area contributed by atoms with Crippen LogP contribution in [0.1, 0.15) is 56.9 Å². The third-order valence-corrected chi connectivity index (χ3v) is 5.65. The predicted octanol–water partition coefficient (Wildman–Crippen LogP) is 4.67. The van der Waals surface area contributed by atoms with Gasteiger partial charge < -0.3 is 9.64 Å². The van der Waals surface area contributed by atoms with Crippen LogP contribution < -0.4 is 4.74 Å². The van der Waals surface area contributed by atoms with E-state index >= 15 is 0 Å². The molecule has 0 amide bonds. The van der Waals surface area contributed by atoms with Crippen molar-refractivity contribution in [3.05, 3.63) is 29.8 Å². The minimum atomic E-state index is 0.727. The lowest BCUT2D eigenvalue weighted by atomic mass is 9.98. The molecule has 0 aromatic heterocycles. The lowest BCUT2D eigenvalue weighted by molar-refractivity contribution is 0.232. The van der Waals surface area contributed by atoms with E-state index in [2.05, 4.69) is 36.2 Å². The fourth-order valence-electron chi connectivity index (χ4n) is 4.16. The van der Waals surface area contributed by atoms with Crippen LogP contribution in [0.3, 0.4) is 0 Å². The first-order valence-electron chi connectivity index (χ1n) is 9.24. The molecular formula is C20H31NO. The SMILES string of the molecule is CN1CCCC1CCOc1ccccc1CCC1CCCC1. The van der Waals surface area contributed by atoms with Crippen LogP contribution in [0.5, 0.6) is 5.75 Å². The van der Waals surface area contributed by atoms with Crippen molar-refractivity contribution >= 4 is 0 Å². The number of rotatable bonds is 7. The Bertz CT molecular complexity index is 453. The number of aryl methyl sites for hydroxylation is 1. The molecule has 1 atom stereocenters. The summed E-state index contributed by atoms with van der Waals surface area (Å²) in [7, 11) is 2.24. The average molecular weight is 301 g/mol. The van der Waals surface area contributed by atoms with Gasteiger partial charge in [-0.25, -0.2) is 0 Å². The van der Waals surface area contributed by atoms with Crippen molar-refractivity contribution in [2.24, 2.45) is 5.92 Å². The van der Waals surface area contributed by atoms with Crippen LogP contribution in [-0.4, -0.2) is 31.1 Å². The largest absolute Gasteiger partial charge is 0.493 e. The molecule has 1 saturated carbocycles. The maximum absolute atomic E-state index is 6.14. The second kappa shape index (κ2) is 8.01. The minimum Gasteiger partial charge on any atom is -0.493 e. The first kappa shape index (κ1) is 15.9. The normalized spacial score (nSPS) is 23.2. The van der Waals surface area contributed by atoms with Crippen LogP contribution in [0.15, 0.2) is 24.3 Å². The fraction of sp³-hybridized carbons (Fsp3) is 0.700. The molecule has 1 saturated heterocycles. The van der Waals surface area contributed by atoms with Gasteiger partial charge in [0.25, 0.3) is 0 Å². The zero-order valence-electron chi connectivity index (χ0n) is 14.1. The molecule has 0 bridgehead atoms. The summed E-state index contributed by atoms with van der Waals surface area (Å²) < 4.78 is 6.14. The first-order valence-corrected chi connectivity index (χ1v) is 9.24. The van der Waals surface area contributed by atoms with Gasteiger partial charge in [0.05, 0.1) is 6.61 Å². The first-order chi connectivity index (χ1) is 10.8. The van der Waals surface area contributed by atoms with E-state index in [0.29, 0.717) is 0 Å². The zero-order valence-corrected chi connectivity index (χ0v) is 14.1. The van der Waals surface area contributed by atoms with Gasteiger partial charge in [0.1, 0.15) is 5.75 Å². The fourth-order valence-corrected chi connectivity index (χ4v) is 4.16. The van der Waals surface area contributed by atoms with Crippen molar-refractivity contribution in [1.29, 1.82) is 0 Å². The maximum Gasteiger partial charge on any atom is 0.122 e. The number of hydrogen-bond acceptors (Lipinski definition) is 2. The lowest BCUT2D eigenvalue weighted by Crippen LogP contribution is -2.26. The summed E-state index contributed by atoms with van der Waals surface area (Å²) in [5.41, 5.74) is 1.41. The number of hydrogen-bond donors (Lipinski definition) is 0. The van der Waals surface area contributed by atoms with Gasteiger partial charge in [-0.3, -0.25) is 0 Å². The molecule has 2 heteroatoms. The second-order valence-electron chi connectivity index (χ2n) is 7.21. The molecule has 2 nitrogen and oxygen atoms in total. The summed E-state index contributed by atoms with van der Waals surface area (Å²) in [6.07, 6.45) is 12.1. The average Bonchev–Trinajstić information content (AvgIpc) is 3.18. The Morgan fingerprint density at radius 1 is 1.05 bits per heavy atom. The van der Waals surface area contributed by atoms with E-state index in [0.717, 1.165) is 30.7 Å². The van der Waals surface area contributed by atoms with E-state index in [1.54, 1.807) is 0 Å². The number of likely N-dealkylation sites (tertiary alicyclic amines) is 1. The van der Waals surface area contributed by atoms with Crippen molar-refractivity contribution in [2.75, 3.05) is 20.2 Å².